The molecule has 1 aliphatic rings. The minimum Gasteiger partial charge on any atom is -0.384 e. The van der Waals surface area contributed by atoms with E-state index in [0.29, 0.717) is 18.9 Å². The Bertz CT molecular complexity index is 475. The standard InChI is InChI=1S/C11H14F3N3O3/c1-19-3-2-8-16-9(20-17-8)5-6-4-7(11(12,13)14)15-10(6)18/h6-7H,2-5H2,1H3,(H,15,18). The van der Waals surface area contributed by atoms with Gasteiger partial charge in [-0.15, -0.1) is 0 Å². The molecule has 1 fully saturated rings. The number of carbonyl (C=O) groups is 1. The zero-order valence-electron chi connectivity index (χ0n) is 10.7. The lowest BCUT2D eigenvalue weighted by Crippen LogP contribution is -2.38. The molecule has 6 nitrogen and oxygen atoms in total. The van der Waals surface area contributed by atoms with Crippen molar-refractivity contribution in [2.45, 2.75) is 31.5 Å². The third-order valence-corrected chi connectivity index (χ3v) is 3.06. The molecule has 2 rings (SSSR count). The van der Waals surface area contributed by atoms with Crippen LogP contribution in [0.3, 0.4) is 0 Å². The van der Waals surface area contributed by atoms with Gasteiger partial charge in [-0.05, 0) is 6.42 Å². The molecule has 20 heavy (non-hydrogen) atoms. The van der Waals surface area contributed by atoms with Crippen LogP contribution in [0.25, 0.3) is 0 Å². The maximum atomic E-state index is 12.5. The van der Waals surface area contributed by atoms with Gasteiger partial charge < -0.3 is 14.6 Å². The fraction of sp³-hybridized carbons (Fsp3) is 0.727. The number of hydrogen-bond acceptors (Lipinski definition) is 5. The normalized spacial score (nSPS) is 23.1. The Labute approximate surface area is 112 Å². The third-order valence-electron chi connectivity index (χ3n) is 3.06. The second kappa shape index (κ2) is 5.78. The van der Waals surface area contributed by atoms with Crippen LogP contribution in [0.2, 0.25) is 0 Å². The number of halogens is 3. The summed E-state index contributed by atoms with van der Waals surface area (Å²) < 4.78 is 47.3. The molecule has 1 aromatic rings. The quantitative estimate of drug-likeness (QED) is 0.871. The average molecular weight is 293 g/mol. The van der Waals surface area contributed by atoms with Crippen molar-refractivity contribution >= 4 is 5.91 Å². The number of hydrogen-bond donors (Lipinski definition) is 1. The molecule has 0 spiro atoms. The summed E-state index contributed by atoms with van der Waals surface area (Å²) in [7, 11) is 1.53. The second-order valence-corrected chi connectivity index (χ2v) is 4.59. The maximum Gasteiger partial charge on any atom is 0.408 e. The number of methoxy groups -OCH3 is 1. The molecule has 2 atom stereocenters. The largest absolute Gasteiger partial charge is 0.408 e. The number of amides is 1. The predicted molar refractivity (Wildman–Crippen MR) is 59.7 cm³/mol. The Hall–Kier alpha value is -1.64. The summed E-state index contributed by atoms with van der Waals surface area (Å²) >= 11 is 0. The van der Waals surface area contributed by atoms with Gasteiger partial charge in [0.25, 0.3) is 0 Å². The van der Waals surface area contributed by atoms with Crippen molar-refractivity contribution in [1.29, 1.82) is 0 Å². The van der Waals surface area contributed by atoms with Crippen molar-refractivity contribution in [1.82, 2.24) is 15.5 Å². The summed E-state index contributed by atoms with van der Waals surface area (Å²) in [6.07, 6.45) is -4.28. The first kappa shape index (κ1) is 14.8. The molecule has 1 aliphatic heterocycles. The van der Waals surface area contributed by atoms with Crippen LogP contribution in [0.5, 0.6) is 0 Å². The molecule has 0 bridgehead atoms. The Balaban J connectivity index is 1.93. The summed E-state index contributed by atoms with van der Waals surface area (Å²) in [5.41, 5.74) is 0. The summed E-state index contributed by atoms with van der Waals surface area (Å²) in [4.78, 5) is 15.5. The maximum absolute atomic E-state index is 12.5. The Morgan fingerprint density at radius 2 is 2.25 bits per heavy atom. The van der Waals surface area contributed by atoms with E-state index in [2.05, 4.69) is 10.1 Å². The molecular weight excluding hydrogens is 279 g/mol. The van der Waals surface area contributed by atoms with Gasteiger partial charge in [0, 0.05) is 25.9 Å². The topological polar surface area (TPSA) is 77.3 Å². The van der Waals surface area contributed by atoms with Crippen molar-refractivity contribution in [3.63, 3.8) is 0 Å². The van der Waals surface area contributed by atoms with Gasteiger partial charge in [-0.1, -0.05) is 5.16 Å². The smallest absolute Gasteiger partial charge is 0.384 e. The molecule has 0 aliphatic carbocycles. The van der Waals surface area contributed by atoms with Gasteiger partial charge in [0.1, 0.15) is 6.04 Å². The lowest BCUT2D eigenvalue weighted by Gasteiger charge is -2.13. The zero-order valence-corrected chi connectivity index (χ0v) is 10.7. The third kappa shape index (κ3) is 3.47. The minimum absolute atomic E-state index is 0.0123. The number of ether oxygens (including phenoxy) is 1. The Morgan fingerprint density at radius 3 is 2.85 bits per heavy atom. The molecule has 112 valence electrons. The first-order valence-corrected chi connectivity index (χ1v) is 6.07. The molecular formula is C11H14F3N3O3. The number of nitrogens with one attached hydrogen (secondary N) is 1. The van der Waals surface area contributed by atoms with Crippen LogP contribution >= 0.6 is 0 Å². The highest BCUT2D eigenvalue weighted by molar-refractivity contribution is 5.81. The lowest BCUT2D eigenvalue weighted by molar-refractivity contribution is -0.154. The SMILES string of the molecule is COCCc1noc(CC2CC(C(F)(F)F)NC2=O)n1. The van der Waals surface area contributed by atoms with E-state index in [1.165, 1.54) is 7.11 Å². The molecule has 1 N–H and O–H groups in total. The Kier molecular flexibility index (Phi) is 4.26. The van der Waals surface area contributed by atoms with E-state index in [1.807, 2.05) is 5.32 Å². The minimum atomic E-state index is -4.43. The molecule has 0 aromatic carbocycles. The first-order valence-electron chi connectivity index (χ1n) is 6.07. The van der Waals surface area contributed by atoms with E-state index < -0.39 is 24.0 Å². The summed E-state index contributed by atoms with van der Waals surface area (Å²) in [5, 5.41) is 5.60. The predicted octanol–water partition coefficient (Wildman–Crippen LogP) is 0.868. The Morgan fingerprint density at radius 1 is 1.50 bits per heavy atom. The highest BCUT2D eigenvalue weighted by Crippen LogP contribution is 2.30. The van der Waals surface area contributed by atoms with Gasteiger partial charge in [0.2, 0.25) is 11.8 Å². The van der Waals surface area contributed by atoms with Gasteiger partial charge in [-0.2, -0.15) is 18.2 Å². The van der Waals surface area contributed by atoms with E-state index in [4.69, 9.17) is 9.26 Å². The highest BCUT2D eigenvalue weighted by Gasteiger charge is 2.48. The van der Waals surface area contributed by atoms with Gasteiger partial charge in [0.05, 0.1) is 6.61 Å². The zero-order chi connectivity index (χ0) is 14.8. The van der Waals surface area contributed by atoms with Crippen LogP contribution in [0.15, 0.2) is 4.52 Å². The van der Waals surface area contributed by atoms with Crippen LogP contribution in [-0.2, 0) is 22.4 Å². The van der Waals surface area contributed by atoms with Gasteiger partial charge in [-0.25, -0.2) is 0 Å². The summed E-state index contributed by atoms with van der Waals surface area (Å²) in [6, 6.07) is -1.80. The van der Waals surface area contributed by atoms with Crippen molar-refractivity contribution < 1.29 is 27.2 Å². The fourth-order valence-electron chi connectivity index (χ4n) is 2.01. The van der Waals surface area contributed by atoms with Gasteiger partial charge in [0.15, 0.2) is 5.82 Å². The molecule has 0 radical (unpaired) electrons. The summed E-state index contributed by atoms with van der Waals surface area (Å²) in [6.45, 7) is 0.416. The van der Waals surface area contributed by atoms with E-state index in [1.54, 1.807) is 0 Å². The first-order chi connectivity index (χ1) is 9.40. The molecule has 9 heteroatoms. The fourth-order valence-corrected chi connectivity index (χ4v) is 2.01. The number of alkyl halides is 3. The van der Waals surface area contributed by atoms with Crippen molar-refractivity contribution in [3.05, 3.63) is 11.7 Å². The number of rotatable bonds is 5. The molecule has 1 amide bonds. The van der Waals surface area contributed by atoms with Crippen LogP contribution < -0.4 is 5.32 Å². The van der Waals surface area contributed by atoms with E-state index in [-0.39, 0.29) is 18.7 Å². The van der Waals surface area contributed by atoms with Crippen LogP contribution in [-0.4, -0.2) is 42.0 Å². The monoisotopic (exact) mass is 293 g/mol. The molecule has 1 saturated heterocycles. The number of aromatic nitrogens is 2. The molecule has 1 aromatic heterocycles. The molecule has 2 heterocycles. The number of carbonyl (C=O) groups excluding carboxylic acids is 1. The van der Waals surface area contributed by atoms with Crippen LogP contribution in [0.4, 0.5) is 13.2 Å². The van der Waals surface area contributed by atoms with Gasteiger partial charge >= 0.3 is 6.18 Å². The number of nitrogens with zero attached hydrogens (tertiary/aromatic N) is 2. The van der Waals surface area contributed by atoms with Gasteiger partial charge in [-0.3, -0.25) is 4.79 Å². The van der Waals surface area contributed by atoms with E-state index in [9.17, 15) is 18.0 Å². The van der Waals surface area contributed by atoms with Crippen molar-refractivity contribution in [2.75, 3.05) is 13.7 Å². The van der Waals surface area contributed by atoms with E-state index >= 15 is 0 Å². The summed E-state index contributed by atoms with van der Waals surface area (Å²) in [5.74, 6) is -0.854. The second-order valence-electron chi connectivity index (χ2n) is 4.59. The van der Waals surface area contributed by atoms with Crippen molar-refractivity contribution in [3.8, 4) is 0 Å². The van der Waals surface area contributed by atoms with Crippen LogP contribution in [0.1, 0.15) is 18.1 Å². The lowest BCUT2D eigenvalue weighted by atomic mass is 10.0. The average Bonchev–Trinajstić information content (AvgIpc) is 2.95. The van der Waals surface area contributed by atoms with E-state index in [0.717, 1.165) is 0 Å². The molecule has 0 saturated carbocycles. The van der Waals surface area contributed by atoms with Crippen LogP contribution in [0, 0.1) is 5.92 Å². The molecule has 2 unspecified atom stereocenters. The van der Waals surface area contributed by atoms with Crippen molar-refractivity contribution in [2.24, 2.45) is 5.92 Å². The highest BCUT2D eigenvalue weighted by atomic mass is 19.4.